The summed E-state index contributed by atoms with van der Waals surface area (Å²) in [6.07, 6.45) is 4.68. The number of hydrogen-bond donors (Lipinski definition) is 1. The van der Waals surface area contributed by atoms with Crippen LogP contribution in [0, 0.1) is 5.92 Å². The van der Waals surface area contributed by atoms with Crippen molar-refractivity contribution in [3.05, 3.63) is 41.7 Å². The number of H-pyrrole nitrogens is 1. The summed E-state index contributed by atoms with van der Waals surface area (Å²) in [4.78, 5) is 21.3. The first kappa shape index (κ1) is 21.3. The molecule has 2 aromatic rings. The molecule has 30 heavy (non-hydrogen) atoms. The lowest BCUT2D eigenvalue weighted by Crippen LogP contribution is -2.42. The van der Waals surface area contributed by atoms with Crippen LogP contribution in [0.4, 0.5) is 0 Å². The molecule has 4 rings (SSSR count). The molecule has 0 saturated carbocycles. The number of fused-ring (bicyclic) bond motifs is 1. The second-order valence-corrected chi connectivity index (χ2v) is 12.5. The summed E-state index contributed by atoms with van der Waals surface area (Å²) >= 11 is 0. The van der Waals surface area contributed by atoms with Gasteiger partial charge in [-0.05, 0) is 56.2 Å². The molecular weight excluding hydrogens is 392 g/mol. The van der Waals surface area contributed by atoms with E-state index in [4.69, 9.17) is 14.5 Å². The van der Waals surface area contributed by atoms with Gasteiger partial charge in [-0.3, -0.25) is 4.79 Å². The number of allylic oxidation sites excluding steroid dienone is 1. The number of ether oxygens (including phenoxy) is 2. The van der Waals surface area contributed by atoms with Crippen LogP contribution in [-0.2, 0) is 26.1 Å². The van der Waals surface area contributed by atoms with E-state index in [-0.39, 0.29) is 5.97 Å². The van der Waals surface area contributed by atoms with Gasteiger partial charge in [-0.15, -0.1) is 0 Å². The van der Waals surface area contributed by atoms with Crippen molar-refractivity contribution in [2.45, 2.75) is 63.1 Å². The van der Waals surface area contributed by atoms with E-state index in [2.05, 4.69) is 24.2 Å². The molecule has 0 aliphatic carbocycles. The smallest absolute Gasteiger partial charge is 0.316 e. The van der Waals surface area contributed by atoms with Gasteiger partial charge >= 0.3 is 5.97 Å². The molecule has 162 valence electrons. The highest BCUT2D eigenvalue weighted by atomic mass is 28.3. The van der Waals surface area contributed by atoms with Gasteiger partial charge in [-0.1, -0.05) is 36.9 Å². The van der Waals surface area contributed by atoms with E-state index in [1.807, 2.05) is 19.1 Å². The zero-order valence-corrected chi connectivity index (χ0v) is 19.5. The Hall–Kier alpha value is -1.92. The molecule has 1 N–H and O–H groups in total. The largest absolute Gasteiger partial charge is 0.465 e. The van der Waals surface area contributed by atoms with Crippen molar-refractivity contribution in [1.29, 1.82) is 0 Å². The van der Waals surface area contributed by atoms with Crippen LogP contribution in [0.1, 0.15) is 44.0 Å². The Morgan fingerprint density at radius 2 is 2.17 bits per heavy atom. The molecule has 0 bridgehead atoms. The summed E-state index contributed by atoms with van der Waals surface area (Å²) in [5.41, 5.74) is 3.74. The molecule has 1 aromatic heterocycles. The lowest BCUT2D eigenvalue weighted by Gasteiger charge is -2.35. The van der Waals surface area contributed by atoms with E-state index in [1.54, 1.807) is 0 Å². The van der Waals surface area contributed by atoms with E-state index in [1.165, 1.54) is 30.5 Å². The lowest BCUT2D eigenvalue weighted by molar-refractivity contribution is -0.154. The molecule has 0 spiro atoms. The predicted octanol–water partition coefficient (Wildman–Crippen LogP) is 4.54. The molecule has 0 radical (unpaired) electrons. The normalized spacial score (nSPS) is 24.5. The van der Waals surface area contributed by atoms with Crippen LogP contribution in [0.3, 0.4) is 0 Å². The highest BCUT2D eigenvalue weighted by Gasteiger charge is 2.43. The molecule has 6 heteroatoms. The monoisotopic (exact) mass is 426 g/mol. The van der Waals surface area contributed by atoms with Gasteiger partial charge in [0, 0.05) is 28.4 Å². The number of nitrogens with one attached hydrogen (secondary N) is 1. The molecular formula is C24H34N2O3Si. The van der Waals surface area contributed by atoms with E-state index in [9.17, 15) is 4.79 Å². The second-order valence-electron chi connectivity index (χ2n) is 9.11. The van der Waals surface area contributed by atoms with Crippen molar-refractivity contribution in [2.24, 2.45) is 5.92 Å². The first-order chi connectivity index (χ1) is 14.5. The maximum atomic E-state index is 12.9. The van der Waals surface area contributed by atoms with Crippen LogP contribution >= 0.6 is 0 Å². The van der Waals surface area contributed by atoms with E-state index in [0.29, 0.717) is 38.6 Å². The van der Waals surface area contributed by atoms with Gasteiger partial charge in [0.2, 0.25) is 0 Å². The minimum absolute atomic E-state index is 0.138. The fraction of sp³-hybridized carbons (Fsp3) is 0.583. The van der Waals surface area contributed by atoms with E-state index < -0.39 is 14.2 Å². The summed E-state index contributed by atoms with van der Waals surface area (Å²) in [5.74, 6) is 1.42. The lowest BCUT2D eigenvalue weighted by atomic mass is 9.74. The number of aromatic amines is 1. The van der Waals surface area contributed by atoms with Crippen molar-refractivity contribution in [2.75, 3.05) is 19.8 Å². The summed E-state index contributed by atoms with van der Waals surface area (Å²) in [6.45, 7) is 10.3. The minimum Gasteiger partial charge on any atom is -0.465 e. The summed E-state index contributed by atoms with van der Waals surface area (Å²) < 4.78 is 11.0. The average Bonchev–Trinajstić information content (AvgIpc) is 3.09. The third-order valence-corrected chi connectivity index (χ3v) is 9.67. The predicted molar refractivity (Wildman–Crippen MR) is 123 cm³/mol. The standard InChI is InChI=1S/C24H34N2O3Si/c1-4-29-23(27)24(9-11-28-12-10-24)19-5-6-20-21(16-19)26-22(25-20)15-18-8-14-30(3)13-7-17(18)2/h5-6,16,18,30H,2,4,7-15H2,1,3H3,(H,25,26)/t18-,30-/m0/s1. The fourth-order valence-corrected chi connectivity index (χ4v) is 7.13. The Morgan fingerprint density at radius 1 is 1.37 bits per heavy atom. The summed E-state index contributed by atoms with van der Waals surface area (Å²) in [6, 6.07) is 8.98. The van der Waals surface area contributed by atoms with Crippen LogP contribution in [0.15, 0.2) is 30.4 Å². The zero-order valence-electron chi connectivity index (χ0n) is 18.3. The van der Waals surface area contributed by atoms with Gasteiger partial charge in [0.25, 0.3) is 0 Å². The highest BCUT2D eigenvalue weighted by Crippen LogP contribution is 2.37. The fourth-order valence-electron chi connectivity index (χ4n) is 5.01. The van der Waals surface area contributed by atoms with Crippen LogP contribution < -0.4 is 0 Å². The molecule has 0 amide bonds. The quantitative estimate of drug-likeness (QED) is 0.433. The zero-order chi connectivity index (χ0) is 21.1. The Balaban J connectivity index is 1.60. The second kappa shape index (κ2) is 9.06. The summed E-state index contributed by atoms with van der Waals surface area (Å²) in [7, 11) is -0.546. The van der Waals surface area contributed by atoms with Crippen molar-refractivity contribution >= 4 is 25.8 Å². The molecule has 5 nitrogen and oxygen atoms in total. The SMILES string of the molecule is C=C1CC[Si@H](C)CC[C@H]1Cc1nc2ccc(C3(C(=O)OCC)CCOCC3)cc2[nH]1. The number of rotatable bonds is 5. The van der Waals surface area contributed by atoms with Gasteiger partial charge in [-0.2, -0.15) is 0 Å². The molecule has 2 aliphatic heterocycles. The van der Waals surface area contributed by atoms with Crippen molar-refractivity contribution < 1.29 is 14.3 Å². The van der Waals surface area contributed by atoms with Gasteiger partial charge in [0.05, 0.1) is 23.1 Å². The Morgan fingerprint density at radius 3 is 2.93 bits per heavy atom. The van der Waals surface area contributed by atoms with Gasteiger partial charge in [0.15, 0.2) is 0 Å². The highest BCUT2D eigenvalue weighted by molar-refractivity contribution is 6.57. The van der Waals surface area contributed by atoms with Crippen molar-refractivity contribution in [3.8, 4) is 0 Å². The maximum absolute atomic E-state index is 12.9. The number of aromatic nitrogens is 2. The molecule has 2 aliphatic rings. The molecule has 2 fully saturated rings. The van der Waals surface area contributed by atoms with Crippen LogP contribution in [0.2, 0.25) is 18.6 Å². The summed E-state index contributed by atoms with van der Waals surface area (Å²) in [5, 5.41) is 0. The number of hydrogen-bond acceptors (Lipinski definition) is 4. The van der Waals surface area contributed by atoms with Gasteiger partial charge < -0.3 is 14.5 Å². The van der Waals surface area contributed by atoms with E-state index in [0.717, 1.165) is 28.8 Å². The third-order valence-electron chi connectivity index (χ3n) is 7.08. The average molecular weight is 427 g/mol. The Labute approximate surface area is 180 Å². The third kappa shape index (κ3) is 4.26. The van der Waals surface area contributed by atoms with Crippen LogP contribution in [-0.4, -0.2) is 44.6 Å². The number of carbonyl (C=O) groups is 1. The number of nitrogens with zero attached hydrogens (tertiary/aromatic N) is 1. The maximum Gasteiger partial charge on any atom is 0.316 e. The molecule has 2 saturated heterocycles. The van der Waals surface area contributed by atoms with Gasteiger partial charge in [0.1, 0.15) is 5.82 Å². The number of carbonyl (C=O) groups excluding carboxylic acids is 1. The molecule has 2 atom stereocenters. The number of imidazole rings is 1. The van der Waals surface area contributed by atoms with Crippen LogP contribution in [0.5, 0.6) is 0 Å². The van der Waals surface area contributed by atoms with E-state index >= 15 is 0 Å². The first-order valence-electron chi connectivity index (χ1n) is 11.4. The molecule has 1 aromatic carbocycles. The number of benzene rings is 1. The van der Waals surface area contributed by atoms with Crippen molar-refractivity contribution in [3.63, 3.8) is 0 Å². The molecule has 0 unspecified atom stereocenters. The minimum atomic E-state index is -0.621. The topological polar surface area (TPSA) is 64.2 Å². The number of esters is 1. The Bertz CT molecular complexity index is 916. The molecule has 3 heterocycles. The van der Waals surface area contributed by atoms with Crippen LogP contribution in [0.25, 0.3) is 11.0 Å². The first-order valence-corrected chi connectivity index (χ1v) is 14.2. The Kier molecular flexibility index (Phi) is 6.44. The van der Waals surface area contributed by atoms with Gasteiger partial charge in [-0.25, -0.2) is 4.98 Å². The van der Waals surface area contributed by atoms with Crippen molar-refractivity contribution in [1.82, 2.24) is 9.97 Å².